The molecule has 0 spiro atoms. The van der Waals surface area contributed by atoms with E-state index in [0.29, 0.717) is 32.4 Å². The zero-order valence-corrected chi connectivity index (χ0v) is 18.6. The lowest BCUT2D eigenvalue weighted by molar-refractivity contribution is -0.113. The van der Waals surface area contributed by atoms with Gasteiger partial charge in [0.2, 0.25) is 16.9 Å². The predicted octanol–water partition coefficient (Wildman–Crippen LogP) is 4.40. The summed E-state index contributed by atoms with van der Waals surface area (Å²) in [6, 6.07) is 14.8. The van der Waals surface area contributed by atoms with Gasteiger partial charge in [-0.05, 0) is 31.2 Å². The summed E-state index contributed by atoms with van der Waals surface area (Å²) in [5.41, 5.74) is 4.10. The summed E-state index contributed by atoms with van der Waals surface area (Å²) in [5.74, 6) is 6.40. The van der Waals surface area contributed by atoms with Crippen LogP contribution in [-0.4, -0.2) is 36.7 Å². The van der Waals surface area contributed by atoms with Crippen molar-refractivity contribution in [2.45, 2.75) is 12.1 Å². The van der Waals surface area contributed by atoms with E-state index >= 15 is 0 Å². The van der Waals surface area contributed by atoms with E-state index in [1.54, 1.807) is 18.2 Å². The Hall–Kier alpha value is -3.01. The fourth-order valence-electron chi connectivity index (χ4n) is 2.77. The third kappa shape index (κ3) is 4.84. The summed E-state index contributed by atoms with van der Waals surface area (Å²) in [6.45, 7) is 2.03. The molecule has 8 nitrogen and oxygen atoms in total. The number of amides is 1. The number of carbonyl (C=O) groups is 1. The number of halogens is 2. The van der Waals surface area contributed by atoms with Crippen molar-refractivity contribution in [3.63, 3.8) is 0 Å². The highest BCUT2D eigenvalue weighted by atomic mass is 35.5. The van der Waals surface area contributed by atoms with Gasteiger partial charge in [0, 0.05) is 11.3 Å². The maximum absolute atomic E-state index is 12.2. The minimum absolute atomic E-state index is 0.0904. The number of aryl methyl sites for hydroxylation is 1. The number of aromatic nitrogens is 5. The molecule has 0 bridgehead atoms. The van der Waals surface area contributed by atoms with Crippen LogP contribution in [0.4, 0.5) is 5.69 Å². The normalized spacial score (nSPS) is 10.9. The van der Waals surface area contributed by atoms with Gasteiger partial charge in [0.1, 0.15) is 5.69 Å². The smallest absolute Gasteiger partial charge is 0.234 e. The largest absolute Gasteiger partial charge is 0.335 e. The van der Waals surface area contributed by atoms with Gasteiger partial charge in [0.15, 0.2) is 0 Å². The fraction of sp³-hybridized carbons (Fsp3) is 0.100. The van der Waals surface area contributed by atoms with Gasteiger partial charge in [-0.2, -0.15) is 5.10 Å². The average Bonchev–Trinajstić information content (AvgIpc) is 3.36. The zero-order valence-electron chi connectivity index (χ0n) is 16.3. The summed E-state index contributed by atoms with van der Waals surface area (Å²) >= 11 is 13.0. The quantitative estimate of drug-likeness (QED) is 0.282. The molecular weight excluding hydrogens is 457 g/mol. The average molecular weight is 474 g/mol. The SMILES string of the molecule is Cc1ccc(-c2cc(-c3nnc(SCC(=O)Nc4ccc(Cl)c(Cl)c4)n3N)[nH]n2)cc1. The zero-order chi connectivity index (χ0) is 22.0. The molecule has 0 fully saturated rings. The van der Waals surface area contributed by atoms with Crippen molar-refractivity contribution in [2.24, 2.45) is 0 Å². The second kappa shape index (κ2) is 9.01. The van der Waals surface area contributed by atoms with Gasteiger partial charge in [0.05, 0.1) is 21.5 Å². The second-order valence-corrected chi connectivity index (χ2v) is 8.43. The van der Waals surface area contributed by atoms with Crippen molar-refractivity contribution >= 4 is 46.6 Å². The summed E-state index contributed by atoms with van der Waals surface area (Å²) < 4.78 is 1.32. The van der Waals surface area contributed by atoms with Gasteiger partial charge in [-0.25, -0.2) is 4.68 Å². The molecule has 0 aliphatic heterocycles. The lowest BCUT2D eigenvalue weighted by atomic mass is 10.1. The van der Waals surface area contributed by atoms with E-state index in [2.05, 4.69) is 25.7 Å². The molecule has 4 rings (SSSR count). The van der Waals surface area contributed by atoms with Gasteiger partial charge in [-0.1, -0.05) is 64.8 Å². The van der Waals surface area contributed by atoms with E-state index in [1.807, 2.05) is 37.3 Å². The van der Waals surface area contributed by atoms with Gasteiger partial charge < -0.3 is 11.2 Å². The standard InChI is InChI=1S/C20H17Cl2N7OS/c1-11-2-4-12(5-3-11)16-9-17(26-25-16)19-27-28-20(29(19)23)31-10-18(30)24-13-6-7-14(21)15(22)8-13/h2-9H,10,23H2,1H3,(H,24,30)(H,25,26). The number of aromatic amines is 1. The Labute approximate surface area is 192 Å². The number of nitrogens with two attached hydrogens (primary N) is 1. The lowest BCUT2D eigenvalue weighted by Gasteiger charge is -2.06. The number of hydrogen-bond donors (Lipinski definition) is 3. The molecule has 0 aliphatic rings. The first-order valence-electron chi connectivity index (χ1n) is 9.12. The molecule has 0 unspecified atom stereocenters. The Kier molecular flexibility index (Phi) is 6.17. The van der Waals surface area contributed by atoms with E-state index < -0.39 is 0 Å². The van der Waals surface area contributed by atoms with Crippen molar-refractivity contribution < 1.29 is 4.79 Å². The van der Waals surface area contributed by atoms with Crippen LogP contribution in [0, 0.1) is 6.92 Å². The van der Waals surface area contributed by atoms with Crippen LogP contribution in [0.5, 0.6) is 0 Å². The molecule has 0 saturated heterocycles. The van der Waals surface area contributed by atoms with E-state index in [0.717, 1.165) is 23.0 Å². The van der Waals surface area contributed by atoms with E-state index in [-0.39, 0.29) is 11.7 Å². The van der Waals surface area contributed by atoms with Gasteiger partial charge in [0.25, 0.3) is 0 Å². The summed E-state index contributed by atoms with van der Waals surface area (Å²) in [6.07, 6.45) is 0. The molecule has 11 heteroatoms. The first-order chi connectivity index (χ1) is 14.9. The fourth-order valence-corrected chi connectivity index (χ4v) is 3.72. The number of rotatable bonds is 6. The Morgan fingerprint density at radius 3 is 2.65 bits per heavy atom. The molecule has 0 aliphatic carbocycles. The van der Waals surface area contributed by atoms with Crippen LogP contribution in [-0.2, 0) is 4.79 Å². The van der Waals surface area contributed by atoms with Gasteiger partial charge >= 0.3 is 0 Å². The lowest BCUT2D eigenvalue weighted by Crippen LogP contribution is -2.16. The molecule has 31 heavy (non-hydrogen) atoms. The minimum Gasteiger partial charge on any atom is -0.335 e. The number of carbonyl (C=O) groups excluding carboxylic acids is 1. The molecule has 4 aromatic rings. The highest BCUT2D eigenvalue weighted by Crippen LogP contribution is 2.26. The number of nitrogen functional groups attached to an aromatic ring is 1. The number of anilines is 1. The first-order valence-corrected chi connectivity index (χ1v) is 10.9. The van der Waals surface area contributed by atoms with Crippen LogP contribution in [0.3, 0.4) is 0 Å². The van der Waals surface area contributed by atoms with E-state index in [9.17, 15) is 4.79 Å². The maximum atomic E-state index is 12.2. The molecule has 2 aromatic heterocycles. The molecule has 0 saturated carbocycles. The highest BCUT2D eigenvalue weighted by Gasteiger charge is 2.16. The van der Waals surface area contributed by atoms with Gasteiger partial charge in [-0.15, -0.1) is 10.2 Å². The number of nitrogens with zero attached hydrogens (tertiary/aromatic N) is 4. The number of benzene rings is 2. The van der Waals surface area contributed by atoms with Crippen LogP contribution in [0.2, 0.25) is 10.0 Å². The van der Waals surface area contributed by atoms with E-state index in [4.69, 9.17) is 29.0 Å². The summed E-state index contributed by atoms with van der Waals surface area (Å²) in [5, 5.41) is 19.4. The first kappa shape index (κ1) is 21.2. The monoisotopic (exact) mass is 473 g/mol. The maximum Gasteiger partial charge on any atom is 0.234 e. The van der Waals surface area contributed by atoms with Gasteiger partial charge in [-0.3, -0.25) is 9.89 Å². The molecule has 0 atom stereocenters. The molecule has 0 radical (unpaired) electrons. The highest BCUT2D eigenvalue weighted by molar-refractivity contribution is 7.99. The van der Waals surface area contributed by atoms with Crippen LogP contribution in [0.15, 0.2) is 53.7 Å². The van der Waals surface area contributed by atoms with Crippen LogP contribution >= 0.6 is 35.0 Å². The number of nitrogens with one attached hydrogen (secondary N) is 2. The molecule has 2 heterocycles. The molecule has 2 aromatic carbocycles. The Bertz CT molecular complexity index is 1240. The third-order valence-electron chi connectivity index (χ3n) is 4.37. The number of H-pyrrole nitrogens is 1. The molecule has 1 amide bonds. The Morgan fingerprint density at radius 1 is 1.13 bits per heavy atom. The number of thioether (sulfide) groups is 1. The minimum atomic E-state index is -0.240. The van der Waals surface area contributed by atoms with Crippen molar-refractivity contribution in [1.29, 1.82) is 0 Å². The molecular formula is C20H17Cl2N7OS. The van der Waals surface area contributed by atoms with Crippen molar-refractivity contribution in [1.82, 2.24) is 25.1 Å². The van der Waals surface area contributed by atoms with Crippen molar-refractivity contribution in [3.05, 3.63) is 64.1 Å². The van der Waals surface area contributed by atoms with Crippen LogP contribution < -0.4 is 11.2 Å². The van der Waals surface area contributed by atoms with Crippen molar-refractivity contribution in [2.75, 3.05) is 16.9 Å². The molecule has 158 valence electrons. The van der Waals surface area contributed by atoms with E-state index in [1.165, 1.54) is 10.2 Å². The summed E-state index contributed by atoms with van der Waals surface area (Å²) in [7, 11) is 0. The number of hydrogen-bond acceptors (Lipinski definition) is 6. The van der Waals surface area contributed by atoms with Crippen LogP contribution in [0.1, 0.15) is 5.56 Å². The van der Waals surface area contributed by atoms with Crippen molar-refractivity contribution in [3.8, 4) is 22.8 Å². The molecule has 4 N–H and O–H groups in total. The van der Waals surface area contributed by atoms with Crippen LogP contribution in [0.25, 0.3) is 22.8 Å². The third-order valence-corrected chi connectivity index (χ3v) is 6.05. The Morgan fingerprint density at radius 2 is 1.90 bits per heavy atom. The summed E-state index contributed by atoms with van der Waals surface area (Å²) in [4.78, 5) is 12.2. The second-order valence-electron chi connectivity index (χ2n) is 6.67. The predicted molar refractivity (Wildman–Crippen MR) is 124 cm³/mol. The topological polar surface area (TPSA) is 115 Å². The Balaban J connectivity index is 1.42.